The zero-order chi connectivity index (χ0) is 59.8. The van der Waals surface area contributed by atoms with Crippen LogP contribution in [0.25, 0.3) is 0 Å². The molecule has 6 atom stereocenters. The van der Waals surface area contributed by atoms with Crippen molar-refractivity contribution in [2.45, 2.75) is 317 Å². The van der Waals surface area contributed by atoms with Gasteiger partial charge in [0.05, 0.1) is 58.0 Å². The predicted octanol–water partition coefficient (Wildman–Crippen LogP) is 19.8. The quantitative estimate of drug-likeness (QED) is 0.235. The van der Waals surface area contributed by atoms with E-state index in [1.54, 1.807) is 0 Å². The second-order valence-electron chi connectivity index (χ2n) is 29.0. The molecule has 10 aliphatic rings. The summed E-state index contributed by atoms with van der Waals surface area (Å²) in [6.45, 7) is 52.2. The second-order valence-corrected chi connectivity index (χ2v) is 29.0. The van der Waals surface area contributed by atoms with Gasteiger partial charge in [0.25, 0.3) is 0 Å². The Morgan fingerprint density at radius 3 is 0.362 bits per heavy atom. The lowest BCUT2D eigenvalue weighted by Crippen LogP contribution is -2.27. The summed E-state index contributed by atoms with van der Waals surface area (Å²) in [5.74, 6) is 12.3. The molecule has 0 radical (unpaired) electrons. The molecule has 6 heterocycles. The number of hydrogen-bond acceptors (Lipinski definition) is 9. The first kappa shape index (κ1) is 77.7. The third-order valence-electron chi connectivity index (χ3n) is 18.1. The van der Waals surface area contributed by atoms with E-state index in [2.05, 4.69) is 118 Å². The van der Waals surface area contributed by atoms with Crippen LogP contribution in [-0.4, -0.2) is 96.6 Å². The van der Waals surface area contributed by atoms with Crippen molar-refractivity contribution in [1.29, 1.82) is 0 Å². The molecular weight excluding hydrogens is 997 g/mol. The SMILES string of the molecule is CC1CCC(C)CC1.CC1CCC(C)CC1.CC1CCC(C)CC1.CC1CCC(C)CC1.CC1CCC(C)OC1.CC1CCC(C)OC1.CC1CCC(C)OC1.CC1COC(C)OC1.CC1COC(C)OC1.CC1COC(C)OC1. The first-order valence-corrected chi connectivity index (χ1v) is 34.4. The van der Waals surface area contributed by atoms with E-state index in [1.807, 2.05) is 20.8 Å². The first-order chi connectivity index (χ1) is 37.9. The lowest BCUT2D eigenvalue weighted by Gasteiger charge is -2.24. The summed E-state index contributed by atoms with van der Waals surface area (Å²) in [7, 11) is 0. The van der Waals surface area contributed by atoms with Gasteiger partial charge in [-0.1, -0.05) is 200 Å². The van der Waals surface area contributed by atoms with E-state index < -0.39 is 0 Å². The normalized spacial score (nSPS) is 39.8. The molecule has 0 spiro atoms. The van der Waals surface area contributed by atoms with Gasteiger partial charge in [-0.15, -0.1) is 0 Å². The van der Waals surface area contributed by atoms with Gasteiger partial charge < -0.3 is 42.6 Å². The summed E-state index contributed by atoms with van der Waals surface area (Å²) in [5.41, 5.74) is 0. The molecule has 0 amide bonds. The fourth-order valence-corrected chi connectivity index (χ4v) is 10.8. The van der Waals surface area contributed by atoms with Crippen LogP contribution in [0.3, 0.4) is 0 Å². The predicted molar refractivity (Wildman–Crippen MR) is 340 cm³/mol. The Kier molecular flexibility index (Phi) is 46.3. The minimum Gasteiger partial charge on any atom is -0.378 e. The molecule has 4 aliphatic carbocycles. The van der Waals surface area contributed by atoms with Crippen LogP contribution in [-0.2, 0) is 42.6 Å². The summed E-state index contributed by atoms with van der Waals surface area (Å²) >= 11 is 0. The van der Waals surface area contributed by atoms with Gasteiger partial charge in [0.1, 0.15) is 0 Å². The van der Waals surface area contributed by atoms with Crippen molar-refractivity contribution in [2.75, 3.05) is 59.5 Å². The molecule has 480 valence electrons. The van der Waals surface area contributed by atoms with Crippen LogP contribution in [0.2, 0.25) is 0 Å². The van der Waals surface area contributed by atoms with Gasteiger partial charge in [-0.2, -0.15) is 0 Å². The molecule has 9 heteroatoms. The third-order valence-corrected chi connectivity index (χ3v) is 18.1. The Hall–Kier alpha value is -0.360. The molecule has 80 heavy (non-hydrogen) atoms. The summed E-state index contributed by atoms with van der Waals surface area (Å²) in [5, 5.41) is 0. The highest BCUT2D eigenvalue weighted by Gasteiger charge is 2.20. The highest BCUT2D eigenvalue weighted by Crippen LogP contribution is 2.30. The number of rotatable bonds is 0. The summed E-state index contributed by atoms with van der Waals surface area (Å²) in [6, 6.07) is 0. The highest BCUT2D eigenvalue weighted by atomic mass is 16.7. The van der Waals surface area contributed by atoms with Crippen molar-refractivity contribution in [3.63, 3.8) is 0 Å². The molecule has 0 bridgehead atoms. The van der Waals surface area contributed by atoms with Crippen LogP contribution in [0, 0.1) is 82.9 Å². The molecule has 0 aromatic rings. The molecule has 0 aromatic carbocycles. The molecule has 0 aromatic heterocycles. The maximum atomic E-state index is 5.39. The van der Waals surface area contributed by atoms with E-state index >= 15 is 0 Å². The van der Waals surface area contributed by atoms with E-state index in [4.69, 9.17) is 42.6 Å². The van der Waals surface area contributed by atoms with E-state index in [0.717, 1.165) is 125 Å². The van der Waals surface area contributed by atoms with Crippen molar-refractivity contribution in [1.82, 2.24) is 0 Å². The Bertz CT molecular complexity index is 857. The topological polar surface area (TPSA) is 83.1 Å². The molecule has 9 nitrogen and oxygen atoms in total. The molecular formula is C71H142O9. The molecule has 6 unspecified atom stereocenters. The monoisotopic (exact) mass is 1140 g/mol. The lowest BCUT2D eigenvalue weighted by atomic mass is 9.84. The zero-order valence-corrected chi connectivity index (χ0v) is 57.1. The van der Waals surface area contributed by atoms with Crippen molar-refractivity contribution >= 4 is 0 Å². The van der Waals surface area contributed by atoms with Crippen LogP contribution in [0.5, 0.6) is 0 Å². The summed E-state index contributed by atoms with van der Waals surface area (Å²) < 4.78 is 47.2. The second kappa shape index (κ2) is 47.7. The molecule has 10 fully saturated rings. The minimum absolute atomic E-state index is 0.0196. The van der Waals surface area contributed by atoms with E-state index in [-0.39, 0.29) is 18.9 Å². The molecule has 6 aliphatic heterocycles. The maximum absolute atomic E-state index is 5.39. The first-order valence-electron chi connectivity index (χ1n) is 34.4. The van der Waals surface area contributed by atoms with Crippen molar-refractivity contribution < 1.29 is 42.6 Å². The van der Waals surface area contributed by atoms with Gasteiger partial charge in [0.15, 0.2) is 18.9 Å². The molecule has 6 saturated heterocycles. The van der Waals surface area contributed by atoms with E-state index in [9.17, 15) is 0 Å². The smallest absolute Gasteiger partial charge is 0.154 e. The van der Waals surface area contributed by atoms with Crippen LogP contribution in [0.1, 0.15) is 280 Å². The van der Waals surface area contributed by atoms with Gasteiger partial charge in [-0.25, -0.2) is 0 Å². The average molecular weight is 1140 g/mol. The van der Waals surface area contributed by atoms with Crippen LogP contribution >= 0.6 is 0 Å². The van der Waals surface area contributed by atoms with Crippen molar-refractivity contribution in [3.05, 3.63) is 0 Å². The summed E-state index contributed by atoms with van der Waals surface area (Å²) in [4.78, 5) is 0. The van der Waals surface area contributed by atoms with Crippen LogP contribution in [0.15, 0.2) is 0 Å². The van der Waals surface area contributed by atoms with E-state index in [1.165, 1.54) is 141 Å². The standard InChI is InChI=1S/4C8H16.3C7H14O.3C6H12O2/c4*1-7-3-5-8(2)6-4-7;3*1-6-3-4-7(2)8-5-6;3*1-5-3-7-6(2)8-4-5/h4*7-8H,3-6H2,1-2H3;3*6-7H,3-5H2,1-2H3;3*5-6H,3-4H2,1-2H3. The van der Waals surface area contributed by atoms with Crippen LogP contribution < -0.4 is 0 Å². The average Bonchev–Trinajstić information content (AvgIpc) is 3.44. The van der Waals surface area contributed by atoms with Gasteiger partial charge >= 0.3 is 0 Å². The minimum atomic E-state index is 0.0196. The Labute approximate surface area is 499 Å². The van der Waals surface area contributed by atoms with Gasteiger partial charge in [-0.05, 0) is 145 Å². The van der Waals surface area contributed by atoms with Crippen LogP contribution in [0.4, 0.5) is 0 Å². The molecule has 0 N–H and O–H groups in total. The fraction of sp³-hybridized carbons (Fsp3) is 1.00. The molecule has 10 rings (SSSR count). The lowest BCUT2D eigenvalue weighted by molar-refractivity contribution is -0.187. The highest BCUT2D eigenvalue weighted by molar-refractivity contribution is 4.69. The fourth-order valence-electron chi connectivity index (χ4n) is 10.8. The van der Waals surface area contributed by atoms with E-state index in [0.29, 0.717) is 36.1 Å². The largest absolute Gasteiger partial charge is 0.378 e. The van der Waals surface area contributed by atoms with Crippen molar-refractivity contribution in [2.24, 2.45) is 82.9 Å². The molecule has 4 saturated carbocycles. The third kappa shape index (κ3) is 45.9. The summed E-state index contributed by atoms with van der Waals surface area (Å²) in [6.07, 6.45) is 33.0. The maximum Gasteiger partial charge on any atom is 0.154 e. The van der Waals surface area contributed by atoms with Gasteiger partial charge in [0.2, 0.25) is 0 Å². The van der Waals surface area contributed by atoms with Gasteiger partial charge in [-0.3, -0.25) is 0 Å². The number of hydrogen-bond donors (Lipinski definition) is 0. The number of ether oxygens (including phenoxy) is 9. The van der Waals surface area contributed by atoms with Gasteiger partial charge in [0, 0.05) is 37.6 Å². The van der Waals surface area contributed by atoms with Crippen molar-refractivity contribution in [3.8, 4) is 0 Å². The zero-order valence-electron chi connectivity index (χ0n) is 57.1. The Morgan fingerprint density at radius 2 is 0.263 bits per heavy atom. The Morgan fingerprint density at radius 1 is 0.138 bits per heavy atom. The Balaban J connectivity index is 0.000000444.